The molecule has 0 radical (unpaired) electrons. The molecule has 1 aliphatic carbocycles. The lowest BCUT2D eigenvalue weighted by Crippen LogP contribution is -2.42. The van der Waals surface area contributed by atoms with Gasteiger partial charge in [-0.3, -0.25) is 9.59 Å². The van der Waals surface area contributed by atoms with Crippen LogP contribution in [-0.2, 0) is 14.3 Å². The Morgan fingerprint density at radius 1 is 1.26 bits per heavy atom. The number of nitrogens with zero attached hydrogens (tertiary/aromatic N) is 1. The van der Waals surface area contributed by atoms with Crippen LogP contribution in [0.15, 0.2) is 0 Å². The minimum Gasteiger partial charge on any atom is -0.481 e. The minimum absolute atomic E-state index is 0.0972. The summed E-state index contributed by atoms with van der Waals surface area (Å²) in [7, 11) is 1.52. The molecule has 2 rings (SSSR count). The van der Waals surface area contributed by atoms with Gasteiger partial charge in [-0.15, -0.1) is 0 Å². The van der Waals surface area contributed by atoms with E-state index in [-0.39, 0.29) is 18.4 Å². The molecule has 132 valence electrons. The molecular formula is C18H31NO4. The number of likely N-dealkylation sites (tertiary alicyclic amines) is 1. The molecule has 1 saturated heterocycles. The zero-order valence-corrected chi connectivity index (χ0v) is 14.6. The summed E-state index contributed by atoms with van der Waals surface area (Å²) < 4.78 is 5.10. The van der Waals surface area contributed by atoms with Crippen LogP contribution in [0.2, 0.25) is 0 Å². The highest BCUT2D eigenvalue weighted by Crippen LogP contribution is 2.36. The van der Waals surface area contributed by atoms with E-state index in [2.05, 4.69) is 6.92 Å². The lowest BCUT2D eigenvalue weighted by atomic mass is 9.79. The third kappa shape index (κ3) is 4.25. The number of carbonyl (C=O) groups excluding carboxylic acids is 1. The lowest BCUT2D eigenvalue weighted by Gasteiger charge is -2.31. The number of unbranched alkanes of at least 4 members (excludes halogenated alkanes) is 1. The molecule has 1 unspecified atom stereocenters. The SMILES string of the molecule is CCCCC1CCC(C(=O)N2CCC(COC)(C(=O)O)C2)CC1. The molecule has 1 aliphatic heterocycles. The Morgan fingerprint density at radius 3 is 2.52 bits per heavy atom. The number of methoxy groups -OCH3 is 1. The zero-order valence-electron chi connectivity index (χ0n) is 14.6. The van der Waals surface area contributed by atoms with Gasteiger partial charge >= 0.3 is 5.97 Å². The Morgan fingerprint density at radius 2 is 1.96 bits per heavy atom. The topological polar surface area (TPSA) is 66.8 Å². The Hall–Kier alpha value is -1.10. The molecule has 0 aromatic carbocycles. The molecule has 2 fully saturated rings. The van der Waals surface area contributed by atoms with E-state index in [1.54, 1.807) is 4.90 Å². The van der Waals surface area contributed by atoms with Crippen LogP contribution in [-0.4, -0.2) is 48.7 Å². The van der Waals surface area contributed by atoms with Crippen LogP contribution in [0.3, 0.4) is 0 Å². The Kier molecular flexibility index (Phi) is 6.45. The van der Waals surface area contributed by atoms with Crippen molar-refractivity contribution >= 4 is 11.9 Å². The van der Waals surface area contributed by atoms with Gasteiger partial charge in [-0.05, 0) is 38.0 Å². The molecule has 1 saturated carbocycles. The van der Waals surface area contributed by atoms with Gasteiger partial charge in [0.15, 0.2) is 0 Å². The van der Waals surface area contributed by atoms with Crippen molar-refractivity contribution in [2.45, 2.75) is 58.3 Å². The summed E-state index contributed by atoms with van der Waals surface area (Å²) in [6.07, 6.45) is 8.53. The van der Waals surface area contributed by atoms with Crippen molar-refractivity contribution in [2.75, 3.05) is 26.8 Å². The number of carboxylic acids is 1. The molecule has 5 nitrogen and oxygen atoms in total. The first kappa shape index (κ1) is 18.2. The third-order valence-corrected chi connectivity index (χ3v) is 5.70. The van der Waals surface area contributed by atoms with Gasteiger partial charge in [-0.25, -0.2) is 0 Å². The molecule has 1 atom stereocenters. The molecule has 1 amide bonds. The van der Waals surface area contributed by atoms with E-state index in [1.165, 1.54) is 26.4 Å². The number of ether oxygens (including phenoxy) is 1. The fourth-order valence-electron chi connectivity index (χ4n) is 4.14. The maximum atomic E-state index is 12.7. The number of aliphatic carboxylic acids is 1. The normalized spacial score (nSPS) is 31.3. The predicted octanol–water partition coefficient (Wildman–Crippen LogP) is 2.93. The Balaban J connectivity index is 1.86. The average molecular weight is 325 g/mol. The first-order chi connectivity index (χ1) is 11.0. The molecule has 5 heteroatoms. The van der Waals surface area contributed by atoms with Gasteiger partial charge < -0.3 is 14.7 Å². The van der Waals surface area contributed by atoms with Crippen molar-refractivity contribution < 1.29 is 19.4 Å². The van der Waals surface area contributed by atoms with Crippen LogP contribution in [0, 0.1) is 17.3 Å². The molecule has 0 spiro atoms. The third-order valence-electron chi connectivity index (χ3n) is 5.70. The maximum Gasteiger partial charge on any atom is 0.313 e. The van der Waals surface area contributed by atoms with Crippen molar-refractivity contribution in [3.8, 4) is 0 Å². The largest absolute Gasteiger partial charge is 0.481 e. The standard InChI is InChI=1S/C18H31NO4/c1-3-4-5-14-6-8-15(9-7-14)16(20)19-11-10-18(12-19,13-23-2)17(21)22/h14-15H,3-13H2,1-2H3,(H,21,22). The highest BCUT2D eigenvalue weighted by Gasteiger charge is 2.47. The Bertz CT molecular complexity index is 417. The number of hydrogen-bond donors (Lipinski definition) is 1. The summed E-state index contributed by atoms with van der Waals surface area (Å²) >= 11 is 0. The summed E-state index contributed by atoms with van der Waals surface area (Å²) in [5.74, 6) is 0.195. The highest BCUT2D eigenvalue weighted by molar-refractivity contribution is 5.82. The monoisotopic (exact) mass is 325 g/mol. The second-order valence-corrected chi connectivity index (χ2v) is 7.39. The molecule has 23 heavy (non-hydrogen) atoms. The summed E-state index contributed by atoms with van der Waals surface area (Å²) in [5, 5.41) is 9.50. The number of hydrogen-bond acceptors (Lipinski definition) is 3. The predicted molar refractivity (Wildman–Crippen MR) is 88.1 cm³/mol. The molecular weight excluding hydrogens is 294 g/mol. The van der Waals surface area contributed by atoms with Crippen molar-refractivity contribution in [1.29, 1.82) is 0 Å². The van der Waals surface area contributed by atoms with E-state index in [0.29, 0.717) is 19.5 Å². The second-order valence-electron chi connectivity index (χ2n) is 7.39. The van der Waals surface area contributed by atoms with Crippen molar-refractivity contribution in [2.24, 2.45) is 17.3 Å². The molecule has 0 aromatic rings. The van der Waals surface area contributed by atoms with Gasteiger partial charge in [0.25, 0.3) is 0 Å². The van der Waals surface area contributed by atoms with E-state index >= 15 is 0 Å². The van der Waals surface area contributed by atoms with E-state index in [4.69, 9.17) is 4.74 Å². The van der Waals surface area contributed by atoms with Crippen molar-refractivity contribution in [3.05, 3.63) is 0 Å². The number of carboxylic acid groups (broad SMARTS) is 1. The van der Waals surface area contributed by atoms with E-state index in [1.807, 2.05) is 0 Å². The summed E-state index contributed by atoms with van der Waals surface area (Å²) in [5.41, 5.74) is -0.914. The zero-order chi connectivity index (χ0) is 16.9. The van der Waals surface area contributed by atoms with E-state index < -0.39 is 11.4 Å². The molecule has 0 bridgehead atoms. The van der Waals surface area contributed by atoms with Crippen LogP contribution < -0.4 is 0 Å². The summed E-state index contributed by atoms with van der Waals surface area (Å²) in [6.45, 7) is 3.24. The first-order valence-corrected chi connectivity index (χ1v) is 9.03. The van der Waals surface area contributed by atoms with Crippen LogP contribution in [0.4, 0.5) is 0 Å². The lowest BCUT2D eigenvalue weighted by molar-refractivity contribution is -0.152. The minimum atomic E-state index is -0.914. The smallest absolute Gasteiger partial charge is 0.313 e. The van der Waals surface area contributed by atoms with Crippen LogP contribution >= 0.6 is 0 Å². The van der Waals surface area contributed by atoms with Crippen molar-refractivity contribution in [3.63, 3.8) is 0 Å². The maximum absolute atomic E-state index is 12.7. The molecule has 0 aromatic heterocycles. The molecule has 1 heterocycles. The fourth-order valence-corrected chi connectivity index (χ4v) is 4.14. The Labute approximate surface area is 139 Å². The number of rotatable bonds is 7. The van der Waals surface area contributed by atoms with Gasteiger partial charge in [0.1, 0.15) is 5.41 Å². The molecule has 1 N–H and O–H groups in total. The molecule has 2 aliphatic rings. The van der Waals surface area contributed by atoms with Crippen LogP contribution in [0.1, 0.15) is 58.3 Å². The number of amides is 1. The van der Waals surface area contributed by atoms with Gasteiger partial charge in [0, 0.05) is 26.1 Å². The fraction of sp³-hybridized carbons (Fsp3) is 0.889. The van der Waals surface area contributed by atoms with Crippen molar-refractivity contribution in [1.82, 2.24) is 4.90 Å². The van der Waals surface area contributed by atoms with E-state index in [0.717, 1.165) is 31.6 Å². The second kappa shape index (κ2) is 8.13. The van der Waals surface area contributed by atoms with Gasteiger partial charge in [-0.2, -0.15) is 0 Å². The van der Waals surface area contributed by atoms with Crippen LogP contribution in [0.25, 0.3) is 0 Å². The highest BCUT2D eigenvalue weighted by atomic mass is 16.5. The average Bonchev–Trinajstić information content (AvgIpc) is 2.99. The van der Waals surface area contributed by atoms with Gasteiger partial charge in [0.05, 0.1) is 6.61 Å². The van der Waals surface area contributed by atoms with E-state index in [9.17, 15) is 14.7 Å². The first-order valence-electron chi connectivity index (χ1n) is 9.03. The van der Waals surface area contributed by atoms with Crippen LogP contribution in [0.5, 0.6) is 0 Å². The summed E-state index contributed by atoms with van der Waals surface area (Å²) in [4.78, 5) is 26.1. The quantitative estimate of drug-likeness (QED) is 0.781. The number of carbonyl (C=O) groups is 2. The van der Waals surface area contributed by atoms with Gasteiger partial charge in [0.2, 0.25) is 5.91 Å². The van der Waals surface area contributed by atoms with Gasteiger partial charge in [-0.1, -0.05) is 26.2 Å². The summed E-state index contributed by atoms with van der Waals surface area (Å²) in [6, 6.07) is 0.